The summed E-state index contributed by atoms with van der Waals surface area (Å²) in [6.07, 6.45) is 1.86. The molecule has 6 nitrogen and oxygen atoms in total. The number of ether oxygens (including phenoxy) is 1. The summed E-state index contributed by atoms with van der Waals surface area (Å²) in [6, 6.07) is 19.6. The molecule has 1 N–H and O–H groups in total. The van der Waals surface area contributed by atoms with Gasteiger partial charge in [-0.2, -0.15) is 4.31 Å². The Balaban J connectivity index is 1.97. The second-order valence-corrected chi connectivity index (χ2v) is 10.3. The van der Waals surface area contributed by atoms with E-state index in [0.29, 0.717) is 11.3 Å². The number of rotatable bonds is 6. The summed E-state index contributed by atoms with van der Waals surface area (Å²) in [5.41, 5.74) is 3.30. The van der Waals surface area contributed by atoms with Crippen LogP contribution in [0, 0.1) is 13.8 Å². The van der Waals surface area contributed by atoms with Crippen LogP contribution in [0.3, 0.4) is 0 Å². The van der Waals surface area contributed by atoms with Crippen molar-refractivity contribution >= 4 is 16.0 Å². The third-order valence-corrected chi connectivity index (χ3v) is 8.02. The van der Waals surface area contributed by atoms with Gasteiger partial charge in [-0.25, -0.2) is 13.2 Å². The smallest absolute Gasteiger partial charge is 0.333 e. The average molecular weight is 478 g/mol. The molecule has 0 radical (unpaired) electrons. The van der Waals surface area contributed by atoms with Gasteiger partial charge < -0.3 is 9.84 Å². The first kappa shape index (κ1) is 23.7. The van der Waals surface area contributed by atoms with E-state index in [1.807, 2.05) is 38.1 Å². The molecule has 0 spiro atoms. The minimum atomic E-state index is -4.08. The lowest BCUT2D eigenvalue weighted by molar-refractivity contribution is -0.133. The maximum atomic E-state index is 14.1. The number of hydrogen-bond donors (Lipinski definition) is 1. The third-order valence-electron chi connectivity index (χ3n) is 6.13. The van der Waals surface area contributed by atoms with Gasteiger partial charge in [0.2, 0.25) is 10.0 Å². The molecule has 0 aromatic heterocycles. The Morgan fingerprint density at radius 1 is 0.941 bits per heavy atom. The molecule has 0 unspecified atom stereocenters. The molecule has 0 fully saturated rings. The Kier molecular flexibility index (Phi) is 6.59. The normalized spacial score (nSPS) is 18.9. The zero-order valence-electron chi connectivity index (χ0n) is 19.3. The molecule has 0 aliphatic carbocycles. The zero-order chi connectivity index (χ0) is 24.5. The molecule has 4 rings (SSSR count). The summed E-state index contributed by atoms with van der Waals surface area (Å²) >= 11 is 0. The Morgan fingerprint density at radius 2 is 1.56 bits per heavy atom. The number of methoxy groups -OCH3 is 1. The van der Waals surface area contributed by atoms with E-state index in [1.54, 1.807) is 61.7 Å². The highest BCUT2D eigenvalue weighted by atomic mass is 32.2. The van der Waals surface area contributed by atoms with Crippen LogP contribution in [0.25, 0.3) is 0 Å². The van der Waals surface area contributed by atoms with E-state index in [-0.39, 0.29) is 16.9 Å². The van der Waals surface area contributed by atoms with Gasteiger partial charge in [0.25, 0.3) is 0 Å². The number of aryl methyl sites for hydroxylation is 2. The van der Waals surface area contributed by atoms with Crippen LogP contribution in [0.15, 0.2) is 89.3 Å². The highest BCUT2D eigenvalue weighted by Gasteiger charge is 2.44. The molecular weight excluding hydrogens is 450 g/mol. The van der Waals surface area contributed by atoms with Crippen LogP contribution in [0.5, 0.6) is 5.75 Å². The second-order valence-electron chi connectivity index (χ2n) is 8.45. The van der Waals surface area contributed by atoms with E-state index in [0.717, 1.165) is 16.7 Å². The van der Waals surface area contributed by atoms with Crippen molar-refractivity contribution in [1.82, 2.24) is 4.31 Å². The molecular formula is C27H27NO5S. The van der Waals surface area contributed by atoms with Gasteiger partial charge in [0.15, 0.2) is 0 Å². The van der Waals surface area contributed by atoms with E-state index in [2.05, 4.69) is 0 Å². The van der Waals surface area contributed by atoms with Crippen LogP contribution < -0.4 is 4.74 Å². The first-order valence-corrected chi connectivity index (χ1v) is 12.4. The molecule has 0 saturated heterocycles. The van der Waals surface area contributed by atoms with Crippen molar-refractivity contribution in [2.24, 2.45) is 0 Å². The maximum absolute atomic E-state index is 14.1. The molecule has 1 aliphatic rings. The maximum Gasteiger partial charge on any atom is 0.333 e. The summed E-state index contributed by atoms with van der Waals surface area (Å²) in [5, 5.41) is 10.0. The second kappa shape index (κ2) is 9.44. The number of sulfonamides is 1. The van der Waals surface area contributed by atoms with E-state index in [9.17, 15) is 18.3 Å². The Morgan fingerprint density at radius 3 is 2.15 bits per heavy atom. The van der Waals surface area contributed by atoms with Gasteiger partial charge in [-0.15, -0.1) is 0 Å². The highest BCUT2D eigenvalue weighted by Crippen LogP contribution is 2.46. The summed E-state index contributed by atoms with van der Waals surface area (Å²) in [6.45, 7) is 3.81. The molecule has 1 heterocycles. The number of carbonyl (C=O) groups is 1. The predicted octanol–water partition coefficient (Wildman–Crippen LogP) is 5.20. The fourth-order valence-electron chi connectivity index (χ4n) is 4.32. The summed E-state index contributed by atoms with van der Waals surface area (Å²) in [4.78, 5) is 12.4. The number of hydrogen-bond acceptors (Lipinski definition) is 4. The lowest BCUT2D eigenvalue weighted by atomic mass is 9.89. The van der Waals surface area contributed by atoms with Gasteiger partial charge in [-0.3, -0.25) is 0 Å². The molecule has 34 heavy (non-hydrogen) atoms. The van der Waals surface area contributed by atoms with Gasteiger partial charge in [-0.05, 0) is 55.7 Å². The molecule has 7 heteroatoms. The predicted molar refractivity (Wildman–Crippen MR) is 130 cm³/mol. The third kappa shape index (κ3) is 4.49. The first-order chi connectivity index (χ1) is 16.2. The van der Waals surface area contributed by atoms with E-state index < -0.39 is 28.1 Å². The number of aliphatic carboxylic acids is 1. The zero-order valence-corrected chi connectivity index (χ0v) is 20.1. The molecule has 176 valence electrons. The molecule has 2 atom stereocenters. The Bertz CT molecular complexity index is 1330. The monoisotopic (exact) mass is 477 g/mol. The Hall–Kier alpha value is -3.42. The van der Waals surface area contributed by atoms with Crippen LogP contribution in [0.4, 0.5) is 0 Å². The molecule has 0 bridgehead atoms. The lowest BCUT2D eigenvalue weighted by Crippen LogP contribution is -2.42. The fourth-order valence-corrected chi connectivity index (χ4v) is 6.10. The van der Waals surface area contributed by atoms with Crippen LogP contribution >= 0.6 is 0 Å². The number of carboxylic acid groups (broad SMARTS) is 1. The first-order valence-electron chi connectivity index (χ1n) is 11.0. The molecule has 3 aromatic carbocycles. The highest BCUT2D eigenvalue weighted by molar-refractivity contribution is 7.89. The SMILES string of the molecule is COc1cccc([C@@H]2CC=C(C(=O)O)[C@H](c3ccc(C)cc3)N2S(=O)(=O)c2ccc(C)cc2)c1. The molecule has 0 saturated carbocycles. The largest absolute Gasteiger partial charge is 0.497 e. The van der Waals surface area contributed by atoms with E-state index in [4.69, 9.17) is 4.74 Å². The molecule has 0 amide bonds. The van der Waals surface area contributed by atoms with Crippen LogP contribution in [0.2, 0.25) is 0 Å². The van der Waals surface area contributed by atoms with E-state index in [1.165, 1.54) is 4.31 Å². The number of nitrogens with zero attached hydrogens (tertiary/aromatic N) is 1. The van der Waals surface area contributed by atoms with Crippen molar-refractivity contribution < 1.29 is 23.1 Å². The lowest BCUT2D eigenvalue weighted by Gasteiger charge is -2.40. The quantitative estimate of drug-likeness (QED) is 0.528. The fraction of sp³-hybridized carbons (Fsp3) is 0.222. The molecule has 1 aliphatic heterocycles. The Labute approximate surface area is 200 Å². The van der Waals surface area contributed by atoms with Crippen LogP contribution in [0.1, 0.15) is 40.8 Å². The summed E-state index contributed by atoms with van der Waals surface area (Å²) in [5.74, 6) is -0.538. The van der Waals surface area contributed by atoms with Gasteiger partial charge in [0.1, 0.15) is 5.75 Å². The van der Waals surface area contributed by atoms with Crippen molar-refractivity contribution in [2.45, 2.75) is 37.2 Å². The number of carboxylic acids is 1. The minimum absolute atomic E-state index is 0.0404. The van der Waals surface area contributed by atoms with Gasteiger partial charge >= 0.3 is 5.97 Å². The van der Waals surface area contributed by atoms with E-state index >= 15 is 0 Å². The molecule has 3 aromatic rings. The van der Waals surface area contributed by atoms with Gasteiger partial charge in [-0.1, -0.05) is 65.7 Å². The van der Waals surface area contributed by atoms with Crippen molar-refractivity contribution in [3.8, 4) is 5.75 Å². The van der Waals surface area contributed by atoms with Crippen LogP contribution in [-0.4, -0.2) is 30.9 Å². The standard InChI is InChI=1S/C27H27NO5S/c1-18-7-11-20(12-8-18)26-24(27(29)30)15-16-25(21-5-4-6-22(17-21)33-3)28(26)34(31,32)23-13-9-19(2)10-14-23/h4-15,17,25-26H,16H2,1-3H3,(H,29,30)/t25-,26-/m0/s1. The average Bonchev–Trinajstić information content (AvgIpc) is 2.84. The van der Waals surface area contributed by atoms with Crippen molar-refractivity contribution in [3.63, 3.8) is 0 Å². The van der Waals surface area contributed by atoms with Crippen molar-refractivity contribution in [3.05, 3.63) is 107 Å². The minimum Gasteiger partial charge on any atom is -0.497 e. The van der Waals surface area contributed by atoms with Crippen molar-refractivity contribution in [1.29, 1.82) is 0 Å². The topological polar surface area (TPSA) is 83.9 Å². The van der Waals surface area contributed by atoms with Crippen LogP contribution in [-0.2, 0) is 14.8 Å². The van der Waals surface area contributed by atoms with Gasteiger partial charge in [0.05, 0.1) is 29.7 Å². The van der Waals surface area contributed by atoms with Gasteiger partial charge in [0, 0.05) is 0 Å². The summed E-state index contributed by atoms with van der Waals surface area (Å²) < 4.78 is 35.0. The number of benzene rings is 3. The van der Waals surface area contributed by atoms with Crippen molar-refractivity contribution in [2.75, 3.05) is 7.11 Å². The summed E-state index contributed by atoms with van der Waals surface area (Å²) in [7, 11) is -2.53.